The normalized spacial score (nSPS) is 19.9. The van der Waals surface area contributed by atoms with Gasteiger partial charge in [-0.3, -0.25) is 0 Å². The van der Waals surface area contributed by atoms with E-state index in [9.17, 15) is 0 Å². The zero-order chi connectivity index (χ0) is 14.1. The van der Waals surface area contributed by atoms with E-state index >= 15 is 0 Å². The Morgan fingerprint density at radius 2 is 2.25 bits per heavy atom. The summed E-state index contributed by atoms with van der Waals surface area (Å²) < 4.78 is 2.42. The lowest BCUT2D eigenvalue weighted by Crippen LogP contribution is -2.31. The van der Waals surface area contributed by atoms with E-state index in [0.29, 0.717) is 6.04 Å². The quantitative estimate of drug-likeness (QED) is 0.926. The lowest BCUT2D eigenvalue weighted by atomic mass is 9.96. The predicted octanol–water partition coefficient (Wildman–Crippen LogP) is 3.47. The van der Waals surface area contributed by atoms with E-state index < -0.39 is 0 Å². The monoisotopic (exact) mass is 271 g/mol. The van der Waals surface area contributed by atoms with Gasteiger partial charge in [0.05, 0.1) is 11.0 Å². The molecule has 0 radical (unpaired) electrons. The fourth-order valence-electron chi connectivity index (χ4n) is 3.34. The first-order valence-electron chi connectivity index (χ1n) is 7.83. The van der Waals surface area contributed by atoms with E-state index in [1.165, 1.54) is 36.3 Å². The van der Waals surface area contributed by atoms with Crippen LogP contribution in [0.4, 0.5) is 0 Å². The van der Waals surface area contributed by atoms with Gasteiger partial charge in [0, 0.05) is 12.5 Å². The number of imidazole rings is 1. The molecular weight excluding hydrogens is 246 g/mol. The number of nitrogens with zero attached hydrogens (tertiary/aromatic N) is 2. The third-order valence-corrected chi connectivity index (χ3v) is 4.30. The summed E-state index contributed by atoms with van der Waals surface area (Å²) in [6.45, 7) is 8.96. The van der Waals surface area contributed by atoms with Crippen molar-refractivity contribution in [2.75, 3.05) is 13.1 Å². The topological polar surface area (TPSA) is 29.9 Å². The average molecular weight is 271 g/mol. The Balaban J connectivity index is 1.97. The van der Waals surface area contributed by atoms with E-state index in [1.807, 2.05) is 0 Å². The third-order valence-electron chi connectivity index (χ3n) is 4.30. The Kier molecular flexibility index (Phi) is 3.79. The molecule has 3 rings (SSSR count). The molecule has 2 heterocycles. The molecule has 1 unspecified atom stereocenters. The molecule has 0 amide bonds. The van der Waals surface area contributed by atoms with Crippen LogP contribution in [0.3, 0.4) is 0 Å². The molecule has 2 aromatic rings. The number of benzene rings is 1. The van der Waals surface area contributed by atoms with Crippen molar-refractivity contribution in [3.8, 4) is 0 Å². The van der Waals surface area contributed by atoms with Crippen LogP contribution in [0, 0.1) is 12.8 Å². The van der Waals surface area contributed by atoms with E-state index in [4.69, 9.17) is 4.98 Å². The summed E-state index contributed by atoms with van der Waals surface area (Å²) in [6, 6.07) is 7.08. The van der Waals surface area contributed by atoms with Gasteiger partial charge in [-0.25, -0.2) is 4.98 Å². The van der Waals surface area contributed by atoms with Crippen LogP contribution in [0.25, 0.3) is 11.0 Å². The zero-order valence-corrected chi connectivity index (χ0v) is 12.8. The van der Waals surface area contributed by atoms with Crippen molar-refractivity contribution >= 4 is 11.0 Å². The number of hydrogen-bond acceptors (Lipinski definition) is 2. The van der Waals surface area contributed by atoms with Gasteiger partial charge >= 0.3 is 0 Å². The summed E-state index contributed by atoms with van der Waals surface area (Å²) in [6.07, 6.45) is 3.72. The maximum absolute atomic E-state index is 4.92. The van der Waals surface area contributed by atoms with E-state index in [2.05, 4.69) is 48.9 Å². The van der Waals surface area contributed by atoms with Crippen molar-refractivity contribution in [1.29, 1.82) is 0 Å². The summed E-state index contributed by atoms with van der Waals surface area (Å²) in [4.78, 5) is 4.92. The number of fused-ring (bicyclic) bond motifs is 1. The van der Waals surface area contributed by atoms with Crippen molar-refractivity contribution < 1.29 is 0 Å². The Bertz CT molecular complexity index is 592. The number of rotatable bonds is 3. The molecule has 1 saturated heterocycles. The largest absolute Gasteiger partial charge is 0.325 e. The minimum atomic E-state index is 0.467. The second kappa shape index (κ2) is 5.57. The van der Waals surface area contributed by atoms with Crippen molar-refractivity contribution in [3.63, 3.8) is 0 Å². The van der Waals surface area contributed by atoms with E-state index in [0.717, 1.165) is 24.4 Å². The third kappa shape index (κ3) is 2.59. The number of nitrogens with one attached hydrogen (secondary N) is 1. The summed E-state index contributed by atoms with van der Waals surface area (Å²) in [5.41, 5.74) is 3.72. The molecule has 1 aromatic heterocycles. The first-order valence-corrected chi connectivity index (χ1v) is 7.83. The molecule has 3 nitrogen and oxygen atoms in total. The fourth-order valence-corrected chi connectivity index (χ4v) is 3.34. The van der Waals surface area contributed by atoms with Crippen LogP contribution in [0.1, 0.15) is 44.1 Å². The van der Waals surface area contributed by atoms with Crippen LogP contribution >= 0.6 is 0 Å². The highest BCUT2D eigenvalue weighted by atomic mass is 15.1. The molecule has 1 aliphatic heterocycles. The molecular formula is C17H25N3. The maximum Gasteiger partial charge on any atom is 0.110 e. The Labute approximate surface area is 121 Å². The van der Waals surface area contributed by atoms with Crippen LogP contribution in [0.5, 0.6) is 0 Å². The Hall–Kier alpha value is -1.35. The molecule has 1 N–H and O–H groups in total. The van der Waals surface area contributed by atoms with Crippen LogP contribution in [-0.4, -0.2) is 22.6 Å². The number of hydrogen-bond donors (Lipinski definition) is 1. The Morgan fingerprint density at radius 1 is 1.40 bits per heavy atom. The summed E-state index contributed by atoms with van der Waals surface area (Å²) >= 11 is 0. The SMILES string of the molecule is Cc1ccc2c(c1)nc(CC1CCCNC1)n2C(C)C. The van der Waals surface area contributed by atoms with Gasteiger partial charge in [0.1, 0.15) is 5.82 Å². The lowest BCUT2D eigenvalue weighted by Gasteiger charge is -2.23. The van der Waals surface area contributed by atoms with Crippen molar-refractivity contribution in [3.05, 3.63) is 29.6 Å². The first-order chi connectivity index (χ1) is 9.65. The van der Waals surface area contributed by atoms with Crippen LogP contribution in [0.2, 0.25) is 0 Å². The highest BCUT2D eigenvalue weighted by Crippen LogP contribution is 2.25. The molecule has 0 saturated carbocycles. The van der Waals surface area contributed by atoms with Gasteiger partial charge in [0.25, 0.3) is 0 Å². The minimum Gasteiger partial charge on any atom is -0.325 e. The zero-order valence-electron chi connectivity index (χ0n) is 12.8. The van der Waals surface area contributed by atoms with E-state index in [-0.39, 0.29) is 0 Å². The van der Waals surface area contributed by atoms with E-state index in [1.54, 1.807) is 0 Å². The summed E-state index contributed by atoms with van der Waals surface area (Å²) in [7, 11) is 0. The molecule has 1 aliphatic rings. The highest BCUT2D eigenvalue weighted by Gasteiger charge is 2.19. The first kappa shape index (κ1) is 13.6. The molecule has 3 heteroatoms. The second-order valence-corrected chi connectivity index (χ2v) is 6.40. The standard InChI is InChI=1S/C17H25N3/c1-12(2)20-16-7-6-13(3)9-15(16)19-17(20)10-14-5-4-8-18-11-14/h6-7,9,12,14,18H,4-5,8,10-11H2,1-3H3. The van der Waals surface area contributed by atoms with Gasteiger partial charge in [0.15, 0.2) is 0 Å². The Morgan fingerprint density at radius 3 is 2.95 bits per heavy atom. The van der Waals surface area contributed by atoms with Crippen LogP contribution in [-0.2, 0) is 6.42 Å². The van der Waals surface area contributed by atoms with Gasteiger partial charge in [0.2, 0.25) is 0 Å². The smallest absolute Gasteiger partial charge is 0.110 e. The molecule has 0 aliphatic carbocycles. The number of aryl methyl sites for hydroxylation is 1. The molecule has 108 valence electrons. The van der Waals surface area contributed by atoms with Crippen LogP contribution in [0.15, 0.2) is 18.2 Å². The van der Waals surface area contributed by atoms with Crippen LogP contribution < -0.4 is 5.32 Å². The van der Waals surface area contributed by atoms with Gasteiger partial charge in [-0.05, 0) is 70.3 Å². The fraction of sp³-hybridized carbons (Fsp3) is 0.588. The number of piperidine rings is 1. The maximum atomic E-state index is 4.92. The van der Waals surface area contributed by atoms with Gasteiger partial charge in [-0.2, -0.15) is 0 Å². The van der Waals surface area contributed by atoms with Gasteiger partial charge < -0.3 is 9.88 Å². The predicted molar refractivity (Wildman–Crippen MR) is 84.2 cm³/mol. The average Bonchev–Trinajstić information content (AvgIpc) is 2.76. The van der Waals surface area contributed by atoms with Gasteiger partial charge in [-0.1, -0.05) is 6.07 Å². The molecule has 1 atom stereocenters. The molecule has 20 heavy (non-hydrogen) atoms. The lowest BCUT2D eigenvalue weighted by molar-refractivity contribution is 0.364. The molecule has 1 aromatic carbocycles. The van der Waals surface area contributed by atoms with Crippen molar-refractivity contribution in [2.24, 2.45) is 5.92 Å². The highest BCUT2D eigenvalue weighted by molar-refractivity contribution is 5.77. The van der Waals surface area contributed by atoms with Gasteiger partial charge in [-0.15, -0.1) is 0 Å². The summed E-state index contributed by atoms with van der Waals surface area (Å²) in [5, 5.41) is 3.51. The molecule has 1 fully saturated rings. The molecule has 0 spiro atoms. The minimum absolute atomic E-state index is 0.467. The summed E-state index contributed by atoms with van der Waals surface area (Å²) in [5.74, 6) is 1.99. The second-order valence-electron chi connectivity index (χ2n) is 6.40. The van der Waals surface area contributed by atoms with Crippen molar-refractivity contribution in [1.82, 2.24) is 14.9 Å². The number of aromatic nitrogens is 2. The molecule has 0 bridgehead atoms. The van der Waals surface area contributed by atoms with Crippen molar-refractivity contribution in [2.45, 2.75) is 46.1 Å².